The molecule has 0 spiro atoms. The van der Waals surface area contributed by atoms with Crippen molar-refractivity contribution in [1.29, 1.82) is 0 Å². The number of aromatic amines is 1. The Morgan fingerprint density at radius 2 is 2.15 bits per heavy atom. The molecule has 11 nitrogen and oxygen atoms in total. The highest BCUT2D eigenvalue weighted by Crippen LogP contribution is 2.29. The van der Waals surface area contributed by atoms with Crippen LogP contribution in [0.4, 0.5) is 21.7 Å². The van der Waals surface area contributed by atoms with Gasteiger partial charge in [0.05, 0.1) is 22.6 Å². The molecule has 204 valence electrons. The van der Waals surface area contributed by atoms with Gasteiger partial charge in [-0.2, -0.15) is 9.61 Å². The highest BCUT2D eigenvalue weighted by atomic mass is 35.5. The van der Waals surface area contributed by atoms with Crippen LogP contribution >= 0.6 is 11.6 Å². The number of hydrogen-bond acceptors (Lipinski definition) is 8. The van der Waals surface area contributed by atoms with Crippen LogP contribution in [-0.2, 0) is 16.3 Å². The van der Waals surface area contributed by atoms with Gasteiger partial charge in [-0.25, -0.2) is 14.2 Å². The molecule has 1 aliphatic carbocycles. The van der Waals surface area contributed by atoms with E-state index < -0.39 is 23.5 Å². The van der Waals surface area contributed by atoms with E-state index in [-0.39, 0.29) is 18.3 Å². The maximum absolute atomic E-state index is 14.4. The van der Waals surface area contributed by atoms with E-state index >= 15 is 0 Å². The number of anilines is 3. The molecule has 0 amide bonds. The van der Waals surface area contributed by atoms with Crippen molar-refractivity contribution in [3.8, 4) is 0 Å². The maximum Gasteiger partial charge on any atom is 0.329 e. The van der Waals surface area contributed by atoms with Crippen LogP contribution in [0.2, 0.25) is 5.02 Å². The smallest absolute Gasteiger partial charge is 0.329 e. The second-order valence-electron chi connectivity index (χ2n) is 9.75. The lowest BCUT2D eigenvalue weighted by atomic mass is 10.1. The van der Waals surface area contributed by atoms with Gasteiger partial charge in [-0.1, -0.05) is 32.0 Å². The van der Waals surface area contributed by atoms with Crippen molar-refractivity contribution in [3.63, 3.8) is 0 Å². The number of nitrogens with one attached hydrogen (secondary N) is 3. The molecule has 39 heavy (non-hydrogen) atoms. The fraction of sp³-hybridized carbons (Fsp3) is 0.308. The Bertz CT molecular complexity index is 1720. The van der Waals surface area contributed by atoms with E-state index in [0.29, 0.717) is 44.6 Å². The Morgan fingerprint density at radius 3 is 2.87 bits per heavy atom. The number of halogens is 2. The molecular weight excluding hydrogens is 527 g/mol. The molecule has 0 aliphatic heterocycles. The largest absolute Gasteiger partial charge is 0.443 e. The zero-order chi connectivity index (χ0) is 27.8. The van der Waals surface area contributed by atoms with E-state index in [1.807, 2.05) is 0 Å². The summed E-state index contributed by atoms with van der Waals surface area (Å²) in [4.78, 5) is 32.1. The van der Waals surface area contributed by atoms with Crippen LogP contribution < -0.4 is 32.8 Å². The number of hydrogen-bond donors (Lipinski definition) is 4. The number of esters is 1. The molecule has 1 fully saturated rings. The van der Waals surface area contributed by atoms with Gasteiger partial charge < -0.3 is 26.1 Å². The summed E-state index contributed by atoms with van der Waals surface area (Å²) in [5.74, 6) is -0.158. The first-order valence-corrected chi connectivity index (χ1v) is 12.8. The lowest BCUT2D eigenvalue weighted by molar-refractivity contribution is -0.150. The Labute approximate surface area is 227 Å². The second-order valence-corrected chi connectivity index (χ2v) is 10.2. The highest BCUT2D eigenvalue weighted by molar-refractivity contribution is 6.30. The van der Waals surface area contributed by atoms with E-state index in [4.69, 9.17) is 22.1 Å². The fourth-order valence-corrected chi connectivity index (χ4v) is 4.02. The number of H-pyrrole nitrogens is 1. The summed E-state index contributed by atoms with van der Waals surface area (Å²) in [6.07, 6.45) is 5.33. The molecule has 1 aliphatic rings. The topological polar surface area (TPSA) is 144 Å². The van der Waals surface area contributed by atoms with Crippen LogP contribution in [0.1, 0.15) is 32.3 Å². The number of ether oxygens (including phenoxy) is 1. The van der Waals surface area contributed by atoms with Crippen LogP contribution in [0.15, 0.2) is 35.3 Å². The molecule has 1 saturated carbocycles. The average Bonchev–Trinajstić information content (AvgIpc) is 3.56. The first kappa shape index (κ1) is 26.4. The first-order chi connectivity index (χ1) is 18.6. The number of nitrogens with two attached hydrogens (primary N) is 1. The predicted molar refractivity (Wildman–Crippen MR) is 147 cm³/mol. The van der Waals surface area contributed by atoms with Crippen molar-refractivity contribution >= 4 is 53.2 Å². The second kappa shape index (κ2) is 10.5. The summed E-state index contributed by atoms with van der Waals surface area (Å²) < 4.78 is 22.5. The van der Waals surface area contributed by atoms with E-state index in [1.54, 1.807) is 36.7 Å². The van der Waals surface area contributed by atoms with Crippen molar-refractivity contribution in [2.75, 3.05) is 10.6 Å². The lowest BCUT2D eigenvalue weighted by Gasteiger charge is -2.14. The molecule has 4 aromatic rings. The minimum absolute atomic E-state index is 0.110. The quantitative estimate of drug-likeness (QED) is 0.230. The third-order valence-electron chi connectivity index (χ3n) is 6.37. The van der Waals surface area contributed by atoms with Crippen molar-refractivity contribution in [2.45, 2.75) is 45.5 Å². The number of nitrogens with zero attached hydrogens (tertiary/aromatic N) is 4. The molecule has 1 unspecified atom stereocenters. The summed E-state index contributed by atoms with van der Waals surface area (Å²) in [5.41, 5.74) is 6.52. The first-order valence-electron chi connectivity index (χ1n) is 12.4. The van der Waals surface area contributed by atoms with Crippen LogP contribution in [0, 0.1) is 11.7 Å². The summed E-state index contributed by atoms with van der Waals surface area (Å²) in [7, 11) is 0. The molecule has 1 atom stereocenters. The summed E-state index contributed by atoms with van der Waals surface area (Å²) in [6.45, 7) is 7.24. The molecular formula is C26H28ClFN8O3. The number of imidazole rings is 1. The normalized spacial score (nSPS) is 14.7. The third kappa shape index (κ3) is 5.66. The van der Waals surface area contributed by atoms with Crippen molar-refractivity contribution in [1.82, 2.24) is 24.1 Å². The van der Waals surface area contributed by atoms with Crippen molar-refractivity contribution < 1.29 is 13.9 Å². The molecule has 0 radical (unpaired) electrons. The molecule has 1 aromatic carbocycles. The summed E-state index contributed by atoms with van der Waals surface area (Å²) in [6, 6.07) is 5.46. The van der Waals surface area contributed by atoms with Gasteiger partial charge in [-0.15, -0.1) is 0 Å². The van der Waals surface area contributed by atoms with Crippen LogP contribution in [0.3, 0.4) is 0 Å². The Morgan fingerprint density at radius 1 is 1.38 bits per heavy atom. The third-order valence-corrected chi connectivity index (χ3v) is 6.60. The molecule has 3 aromatic heterocycles. The standard InChI is InChI=1S/C26H28ClFN8O3/c1-13(2)23(29)25(37)39-12-35-14(3)19(33-26(35)38)8-15-11-30-36-22(31-17-5-6-17)10-21(34-24(15)36)32-20-9-16(27)4-7-18(20)28/h4,7-11,13,17,23,31H,3,5-6,12,29H2,1-2H3,(H,32,34)(H,33,38)/b19-8-. The molecule has 0 bridgehead atoms. The summed E-state index contributed by atoms with van der Waals surface area (Å²) in [5, 5.41) is 11.9. The number of rotatable bonds is 9. The van der Waals surface area contributed by atoms with Gasteiger partial charge in [-0.05, 0) is 43.0 Å². The lowest BCUT2D eigenvalue weighted by Crippen LogP contribution is -2.39. The minimum atomic E-state index is -0.801. The van der Waals surface area contributed by atoms with E-state index in [0.717, 1.165) is 12.8 Å². The van der Waals surface area contributed by atoms with Crippen LogP contribution in [-0.4, -0.2) is 42.2 Å². The SMILES string of the molecule is C=c1/c(=C/c2cnn3c(NC4CC4)cc(Nc4cc(Cl)ccc4F)nc23)[nH]c(=O)n1COC(=O)C(N)C(C)C. The highest BCUT2D eigenvalue weighted by Gasteiger charge is 2.23. The molecule has 0 saturated heterocycles. The monoisotopic (exact) mass is 554 g/mol. The van der Waals surface area contributed by atoms with Crippen LogP contribution in [0.5, 0.6) is 0 Å². The van der Waals surface area contributed by atoms with E-state index in [2.05, 4.69) is 32.3 Å². The average molecular weight is 555 g/mol. The van der Waals surface area contributed by atoms with Crippen molar-refractivity contribution in [3.05, 3.63) is 68.0 Å². The summed E-state index contributed by atoms with van der Waals surface area (Å²) >= 11 is 6.05. The Balaban J connectivity index is 1.51. The molecule has 3 heterocycles. The van der Waals surface area contributed by atoms with E-state index in [1.165, 1.54) is 22.8 Å². The number of carbonyl (C=O) groups is 1. The van der Waals surface area contributed by atoms with Gasteiger partial charge in [0.2, 0.25) is 0 Å². The van der Waals surface area contributed by atoms with Gasteiger partial charge >= 0.3 is 11.7 Å². The van der Waals surface area contributed by atoms with Gasteiger partial charge in [0.15, 0.2) is 12.4 Å². The minimum Gasteiger partial charge on any atom is -0.443 e. The van der Waals surface area contributed by atoms with Gasteiger partial charge in [0, 0.05) is 22.7 Å². The molecule has 5 rings (SSSR count). The van der Waals surface area contributed by atoms with E-state index in [9.17, 15) is 14.0 Å². The zero-order valence-corrected chi connectivity index (χ0v) is 22.1. The maximum atomic E-state index is 14.4. The number of carbonyl (C=O) groups excluding carboxylic acids is 1. The Hall–Kier alpha value is -4.16. The number of fused-ring (bicyclic) bond motifs is 1. The fourth-order valence-electron chi connectivity index (χ4n) is 3.85. The number of benzene rings is 1. The molecule has 5 N–H and O–H groups in total. The number of aromatic nitrogens is 5. The Kier molecular flexibility index (Phi) is 7.15. The predicted octanol–water partition coefficient (Wildman–Crippen LogP) is 2.05. The van der Waals surface area contributed by atoms with Crippen molar-refractivity contribution in [2.24, 2.45) is 11.7 Å². The van der Waals surface area contributed by atoms with Gasteiger partial charge in [0.25, 0.3) is 0 Å². The van der Waals surface area contributed by atoms with Gasteiger partial charge in [0.1, 0.15) is 23.5 Å². The molecule has 13 heteroatoms. The van der Waals surface area contributed by atoms with Gasteiger partial charge in [-0.3, -0.25) is 9.36 Å². The zero-order valence-electron chi connectivity index (χ0n) is 21.4. The van der Waals surface area contributed by atoms with Crippen LogP contribution in [0.25, 0.3) is 18.3 Å².